The van der Waals surface area contributed by atoms with Gasteiger partial charge >= 0.3 is 0 Å². The van der Waals surface area contributed by atoms with Crippen molar-refractivity contribution in [2.45, 2.75) is 51.9 Å². The Bertz CT molecular complexity index is 128. The first-order valence-electron chi connectivity index (χ1n) is 5.36. The molecular formula is C11H20. The monoisotopic (exact) mass is 152 g/mol. The average molecular weight is 152 g/mol. The van der Waals surface area contributed by atoms with Crippen LogP contribution in [-0.4, -0.2) is 0 Å². The Hall–Kier alpha value is 0. The van der Waals surface area contributed by atoms with Gasteiger partial charge in [0.1, 0.15) is 0 Å². The third-order valence-corrected chi connectivity index (χ3v) is 3.91. The minimum Gasteiger partial charge on any atom is -0.0622 e. The summed E-state index contributed by atoms with van der Waals surface area (Å²) in [5.41, 5.74) is 0. The van der Waals surface area contributed by atoms with E-state index in [1.807, 2.05) is 0 Å². The SMILES string of the molecule is CC1CCCCC2CCC1C2. The van der Waals surface area contributed by atoms with Crippen molar-refractivity contribution >= 4 is 0 Å². The van der Waals surface area contributed by atoms with Gasteiger partial charge in [0.15, 0.2) is 0 Å². The molecular weight excluding hydrogens is 132 g/mol. The minimum absolute atomic E-state index is 1.04. The van der Waals surface area contributed by atoms with Gasteiger partial charge in [0.2, 0.25) is 0 Å². The molecule has 2 fully saturated rings. The molecule has 2 aliphatic carbocycles. The van der Waals surface area contributed by atoms with Crippen LogP contribution in [0.25, 0.3) is 0 Å². The second-order valence-corrected chi connectivity index (χ2v) is 4.70. The molecule has 3 unspecified atom stereocenters. The molecule has 0 amide bonds. The van der Waals surface area contributed by atoms with Crippen molar-refractivity contribution in [2.24, 2.45) is 17.8 Å². The molecule has 0 aromatic carbocycles. The van der Waals surface area contributed by atoms with Crippen molar-refractivity contribution in [2.75, 3.05) is 0 Å². The molecule has 64 valence electrons. The lowest BCUT2D eigenvalue weighted by Gasteiger charge is -2.22. The molecule has 2 saturated carbocycles. The first-order chi connectivity index (χ1) is 5.36. The van der Waals surface area contributed by atoms with Crippen LogP contribution in [0.1, 0.15) is 51.9 Å². The van der Waals surface area contributed by atoms with E-state index in [9.17, 15) is 0 Å². The van der Waals surface area contributed by atoms with Crippen LogP contribution in [0, 0.1) is 17.8 Å². The summed E-state index contributed by atoms with van der Waals surface area (Å²) in [5.74, 6) is 3.28. The van der Waals surface area contributed by atoms with Crippen molar-refractivity contribution in [3.63, 3.8) is 0 Å². The summed E-state index contributed by atoms with van der Waals surface area (Å²) >= 11 is 0. The number of fused-ring (bicyclic) bond motifs is 2. The molecule has 0 N–H and O–H groups in total. The topological polar surface area (TPSA) is 0 Å². The lowest BCUT2D eigenvalue weighted by atomic mass is 9.84. The zero-order chi connectivity index (χ0) is 7.68. The van der Waals surface area contributed by atoms with E-state index >= 15 is 0 Å². The molecule has 0 nitrogen and oxygen atoms in total. The second-order valence-electron chi connectivity index (χ2n) is 4.70. The van der Waals surface area contributed by atoms with Gasteiger partial charge in [0.05, 0.1) is 0 Å². The van der Waals surface area contributed by atoms with Crippen LogP contribution in [0.5, 0.6) is 0 Å². The predicted octanol–water partition coefficient (Wildman–Crippen LogP) is 3.61. The minimum atomic E-state index is 1.04. The zero-order valence-corrected chi connectivity index (χ0v) is 7.68. The van der Waals surface area contributed by atoms with Crippen LogP contribution in [0.15, 0.2) is 0 Å². The molecule has 3 atom stereocenters. The largest absolute Gasteiger partial charge is 0.0622 e. The molecule has 2 rings (SSSR count). The van der Waals surface area contributed by atoms with E-state index in [0.29, 0.717) is 0 Å². The normalized spacial score (nSPS) is 45.0. The maximum Gasteiger partial charge on any atom is -0.0386 e. The summed E-state index contributed by atoms with van der Waals surface area (Å²) in [4.78, 5) is 0. The summed E-state index contributed by atoms with van der Waals surface area (Å²) < 4.78 is 0. The van der Waals surface area contributed by atoms with E-state index in [2.05, 4.69) is 6.92 Å². The van der Waals surface area contributed by atoms with E-state index in [1.54, 1.807) is 25.7 Å². The van der Waals surface area contributed by atoms with E-state index in [4.69, 9.17) is 0 Å². The van der Waals surface area contributed by atoms with Crippen molar-refractivity contribution in [3.05, 3.63) is 0 Å². The Morgan fingerprint density at radius 3 is 2.64 bits per heavy atom. The van der Waals surface area contributed by atoms with Gasteiger partial charge in [0.25, 0.3) is 0 Å². The summed E-state index contributed by atoms with van der Waals surface area (Å²) in [5, 5.41) is 0. The fraction of sp³-hybridized carbons (Fsp3) is 1.00. The van der Waals surface area contributed by atoms with Gasteiger partial charge in [-0.05, 0) is 30.6 Å². The van der Waals surface area contributed by atoms with Crippen LogP contribution >= 0.6 is 0 Å². The van der Waals surface area contributed by atoms with E-state index < -0.39 is 0 Å². The number of hydrogen-bond acceptors (Lipinski definition) is 0. The summed E-state index contributed by atoms with van der Waals surface area (Å²) in [6.07, 6.45) is 10.7. The zero-order valence-electron chi connectivity index (χ0n) is 7.68. The van der Waals surface area contributed by atoms with Gasteiger partial charge in [-0.15, -0.1) is 0 Å². The molecule has 0 saturated heterocycles. The second kappa shape index (κ2) is 3.16. The van der Waals surface area contributed by atoms with Crippen molar-refractivity contribution in [1.29, 1.82) is 0 Å². The van der Waals surface area contributed by atoms with Crippen LogP contribution in [0.2, 0.25) is 0 Å². The number of hydrogen-bond donors (Lipinski definition) is 0. The van der Waals surface area contributed by atoms with Gasteiger partial charge in [-0.3, -0.25) is 0 Å². The van der Waals surface area contributed by atoms with Crippen molar-refractivity contribution in [3.8, 4) is 0 Å². The molecule has 2 aliphatic rings. The smallest absolute Gasteiger partial charge is 0.0386 e. The highest BCUT2D eigenvalue weighted by atomic mass is 14.3. The lowest BCUT2D eigenvalue weighted by Crippen LogP contribution is -2.10. The highest BCUT2D eigenvalue weighted by Crippen LogP contribution is 2.41. The van der Waals surface area contributed by atoms with Gasteiger partial charge < -0.3 is 0 Å². The fourth-order valence-electron chi connectivity index (χ4n) is 3.03. The lowest BCUT2D eigenvalue weighted by molar-refractivity contribution is 0.296. The molecule has 0 spiro atoms. The van der Waals surface area contributed by atoms with E-state index in [0.717, 1.165) is 17.8 Å². The molecule has 0 aromatic rings. The van der Waals surface area contributed by atoms with Crippen LogP contribution < -0.4 is 0 Å². The molecule has 0 aromatic heterocycles. The molecule has 2 bridgehead atoms. The summed E-state index contributed by atoms with van der Waals surface area (Å²) in [7, 11) is 0. The number of rotatable bonds is 0. The Kier molecular flexibility index (Phi) is 2.20. The predicted molar refractivity (Wildman–Crippen MR) is 48.5 cm³/mol. The molecule has 0 radical (unpaired) electrons. The Balaban J connectivity index is 1.98. The van der Waals surface area contributed by atoms with Gasteiger partial charge in [-0.25, -0.2) is 0 Å². The summed E-state index contributed by atoms with van der Waals surface area (Å²) in [6.45, 7) is 2.47. The van der Waals surface area contributed by atoms with E-state index in [1.165, 1.54) is 19.3 Å². The average Bonchev–Trinajstić information content (AvgIpc) is 2.44. The molecule has 0 heterocycles. The molecule has 0 heteroatoms. The Morgan fingerprint density at radius 1 is 0.909 bits per heavy atom. The van der Waals surface area contributed by atoms with Crippen molar-refractivity contribution in [1.82, 2.24) is 0 Å². The van der Waals surface area contributed by atoms with Crippen LogP contribution in [0.4, 0.5) is 0 Å². The van der Waals surface area contributed by atoms with Crippen LogP contribution in [-0.2, 0) is 0 Å². The first-order valence-corrected chi connectivity index (χ1v) is 5.36. The Morgan fingerprint density at radius 2 is 1.73 bits per heavy atom. The molecule has 11 heavy (non-hydrogen) atoms. The van der Waals surface area contributed by atoms with Gasteiger partial charge in [-0.1, -0.05) is 39.0 Å². The van der Waals surface area contributed by atoms with Crippen LogP contribution in [0.3, 0.4) is 0 Å². The van der Waals surface area contributed by atoms with E-state index in [-0.39, 0.29) is 0 Å². The third kappa shape index (κ3) is 1.60. The third-order valence-electron chi connectivity index (χ3n) is 3.91. The molecule has 0 aliphatic heterocycles. The van der Waals surface area contributed by atoms with Gasteiger partial charge in [-0.2, -0.15) is 0 Å². The maximum atomic E-state index is 2.47. The maximum absolute atomic E-state index is 2.47. The Labute approximate surface area is 70.4 Å². The summed E-state index contributed by atoms with van der Waals surface area (Å²) in [6, 6.07) is 0. The highest BCUT2D eigenvalue weighted by molar-refractivity contribution is 4.81. The first kappa shape index (κ1) is 7.64. The quantitative estimate of drug-likeness (QED) is 0.497. The van der Waals surface area contributed by atoms with Crippen molar-refractivity contribution < 1.29 is 0 Å². The van der Waals surface area contributed by atoms with Gasteiger partial charge in [0, 0.05) is 0 Å². The fourth-order valence-corrected chi connectivity index (χ4v) is 3.03. The standard InChI is InChI=1S/C11H20/c1-9-4-2-3-5-10-6-7-11(9)8-10/h9-11H,2-8H2,1H3. The highest BCUT2D eigenvalue weighted by Gasteiger charge is 2.29.